The van der Waals surface area contributed by atoms with Crippen LogP contribution >= 0.6 is 0 Å². The van der Waals surface area contributed by atoms with Gasteiger partial charge in [-0.15, -0.1) is 0 Å². The molecule has 5 heteroatoms. The van der Waals surface area contributed by atoms with Gasteiger partial charge in [0.15, 0.2) is 0 Å². The molecule has 1 unspecified atom stereocenters. The summed E-state index contributed by atoms with van der Waals surface area (Å²) in [5.41, 5.74) is 1.47. The standard InChI is InChI=1S/C16H25N3O2/c1-3-19(4-2)16(20)15-11-14(6-9-18-15)17-8-5-13-7-10-21-12-13/h6,9,11,13H,3-5,7-8,10,12H2,1-2H3,(H,17,18). The Kier molecular flexibility index (Phi) is 5.99. The predicted octanol–water partition coefficient (Wildman–Crippen LogP) is 2.40. The molecule has 1 aliphatic heterocycles. The third-order valence-corrected chi connectivity index (χ3v) is 3.94. The highest BCUT2D eigenvalue weighted by Gasteiger charge is 2.16. The van der Waals surface area contributed by atoms with Gasteiger partial charge in [0.1, 0.15) is 5.69 Å². The minimum Gasteiger partial charge on any atom is -0.385 e. The van der Waals surface area contributed by atoms with Crippen molar-refractivity contribution in [1.82, 2.24) is 9.88 Å². The van der Waals surface area contributed by atoms with E-state index in [2.05, 4.69) is 10.3 Å². The summed E-state index contributed by atoms with van der Waals surface area (Å²) in [5, 5.41) is 3.38. The maximum atomic E-state index is 12.3. The molecule has 2 rings (SSSR count). The number of pyridine rings is 1. The van der Waals surface area contributed by atoms with Crippen molar-refractivity contribution in [2.24, 2.45) is 5.92 Å². The summed E-state index contributed by atoms with van der Waals surface area (Å²) in [4.78, 5) is 18.2. The second-order valence-electron chi connectivity index (χ2n) is 5.35. The Bertz CT molecular complexity index is 455. The van der Waals surface area contributed by atoms with Crippen LogP contribution in [0.1, 0.15) is 37.2 Å². The van der Waals surface area contributed by atoms with E-state index in [1.54, 1.807) is 11.1 Å². The van der Waals surface area contributed by atoms with Crippen LogP contribution in [0.2, 0.25) is 0 Å². The van der Waals surface area contributed by atoms with Crippen molar-refractivity contribution in [1.29, 1.82) is 0 Å². The van der Waals surface area contributed by atoms with Crippen LogP contribution in [-0.2, 0) is 4.74 Å². The molecule has 1 aromatic rings. The Hall–Kier alpha value is -1.62. The second kappa shape index (κ2) is 7.98. The zero-order chi connectivity index (χ0) is 15.1. The molecule has 116 valence electrons. The first-order valence-electron chi connectivity index (χ1n) is 7.81. The Balaban J connectivity index is 1.89. The van der Waals surface area contributed by atoms with Gasteiger partial charge >= 0.3 is 0 Å². The lowest BCUT2D eigenvalue weighted by atomic mass is 10.1. The van der Waals surface area contributed by atoms with Crippen LogP contribution in [0.5, 0.6) is 0 Å². The Morgan fingerprint density at radius 3 is 2.95 bits per heavy atom. The maximum absolute atomic E-state index is 12.3. The van der Waals surface area contributed by atoms with Crippen molar-refractivity contribution in [2.75, 3.05) is 38.2 Å². The van der Waals surface area contributed by atoms with Crippen molar-refractivity contribution < 1.29 is 9.53 Å². The number of rotatable bonds is 7. The van der Waals surface area contributed by atoms with Crippen LogP contribution in [0.3, 0.4) is 0 Å². The average molecular weight is 291 g/mol. The SMILES string of the molecule is CCN(CC)C(=O)c1cc(NCCC2CCOC2)ccn1. The largest absolute Gasteiger partial charge is 0.385 e. The summed E-state index contributed by atoms with van der Waals surface area (Å²) < 4.78 is 5.37. The van der Waals surface area contributed by atoms with Crippen molar-refractivity contribution in [3.05, 3.63) is 24.0 Å². The summed E-state index contributed by atoms with van der Waals surface area (Å²) in [5.74, 6) is 0.656. The van der Waals surface area contributed by atoms with Crippen LogP contribution in [0.25, 0.3) is 0 Å². The van der Waals surface area contributed by atoms with Crippen LogP contribution in [0.4, 0.5) is 5.69 Å². The van der Waals surface area contributed by atoms with E-state index in [1.807, 2.05) is 26.0 Å². The van der Waals surface area contributed by atoms with E-state index in [0.717, 1.165) is 38.3 Å². The first-order valence-corrected chi connectivity index (χ1v) is 7.81. The molecule has 1 aromatic heterocycles. The highest BCUT2D eigenvalue weighted by Crippen LogP contribution is 2.17. The molecule has 21 heavy (non-hydrogen) atoms. The molecule has 0 aromatic carbocycles. The molecule has 5 nitrogen and oxygen atoms in total. The summed E-state index contributed by atoms with van der Waals surface area (Å²) >= 11 is 0. The van der Waals surface area contributed by atoms with E-state index in [1.165, 1.54) is 0 Å². The van der Waals surface area contributed by atoms with E-state index in [9.17, 15) is 4.79 Å². The molecule has 1 N–H and O–H groups in total. The fraction of sp³-hybridized carbons (Fsp3) is 0.625. The highest BCUT2D eigenvalue weighted by molar-refractivity contribution is 5.93. The molecule has 2 heterocycles. The van der Waals surface area contributed by atoms with Gasteiger partial charge in [-0.25, -0.2) is 0 Å². The smallest absolute Gasteiger partial charge is 0.272 e. The predicted molar refractivity (Wildman–Crippen MR) is 83.5 cm³/mol. The molecule has 0 aliphatic carbocycles. The van der Waals surface area contributed by atoms with Crippen molar-refractivity contribution in [2.45, 2.75) is 26.7 Å². The first-order chi connectivity index (χ1) is 10.2. The van der Waals surface area contributed by atoms with E-state index in [4.69, 9.17) is 4.74 Å². The third-order valence-electron chi connectivity index (χ3n) is 3.94. The summed E-state index contributed by atoms with van der Waals surface area (Å²) in [6, 6.07) is 3.75. The van der Waals surface area contributed by atoms with Gasteiger partial charge in [-0.1, -0.05) is 0 Å². The third kappa shape index (κ3) is 4.43. The van der Waals surface area contributed by atoms with Gasteiger partial charge in [0.2, 0.25) is 0 Å². The first kappa shape index (κ1) is 15.8. The quantitative estimate of drug-likeness (QED) is 0.838. The van der Waals surface area contributed by atoms with Crippen LogP contribution in [0.15, 0.2) is 18.3 Å². The number of carbonyl (C=O) groups is 1. The van der Waals surface area contributed by atoms with Gasteiger partial charge < -0.3 is 15.0 Å². The molecule has 1 fully saturated rings. The number of hydrogen-bond acceptors (Lipinski definition) is 4. The fourth-order valence-electron chi connectivity index (χ4n) is 2.56. The average Bonchev–Trinajstić information content (AvgIpc) is 3.02. The van der Waals surface area contributed by atoms with Crippen molar-refractivity contribution in [3.63, 3.8) is 0 Å². The topological polar surface area (TPSA) is 54.5 Å². The summed E-state index contributed by atoms with van der Waals surface area (Å²) in [6.07, 6.45) is 3.95. The van der Waals surface area contributed by atoms with Crippen LogP contribution < -0.4 is 5.32 Å². The summed E-state index contributed by atoms with van der Waals surface area (Å²) in [6.45, 7) is 8.04. The number of ether oxygens (including phenoxy) is 1. The molecule has 0 bridgehead atoms. The zero-order valence-corrected chi connectivity index (χ0v) is 13.0. The number of aromatic nitrogens is 1. The van der Waals surface area contributed by atoms with Gasteiger partial charge in [-0.05, 0) is 44.7 Å². The Morgan fingerprint density at radius 2 is 2.29 bits per heavy atom. The maximum Gasteiger partial charge on any atom is 0.272 e. The lowest BCUT2D eigenvalue weighted by Gasteiger charge is -2.18. The van der Waals surface area contributed by atoms with Crippen molar-refractivity contribution >= 4 is 11.6 Å². The van der Waals surface area contributed by atoms with Crippen LogP contribution in [0, 0.1) is 5.92 Å². The number of nitrogens with one attached hydrogen (secondary N) is 1. The van der Waals surface area contributed by atoms with Gasteiger partial charge in [0, 0.05) is 44.7 Å². The van der Waals surface area contributed by atoms with E-state index < -0.39 is 0 Å². The normalized spacial score (nSPS) is 17.7. The fourth-order valence-corrected chi connectivity index (χ4v) is 2.56. The lowest BCUT2D eigenvalue weighted by Crippen LogP contribution is -2.31. The van der Waals surface area contributed by atoms with Gasteiger partial charge in [0.25, 0.3) is 5.91 Å². The minimum absolute atomic E-state index is 0.00663. The Morgan fingerprint density at radius 1 is 1.48 bits per heavy atom. The number of hydrogen-bond donors (Lipinski definition) is 1. The lowest BCUT2D eigenvalue weighted by molar-refractivity contribution is 0.0767. The molecule has 1 saturated heterocycles. The number of amides is 1. The van der Waals surface area contributed by atoms with E-state index in [0.29, 0.717) is 24.7 Å². The zero-order valence-electron chi connectivity index (χ0n) is 13.0. The second-order valence-corrected chi connectivity index (χ2v) is 5.35. The molecule has 1 amide bonds. The molecular formula is C16H25N3O2. The molecule has 0 spiro atoms. The highest BCUT2D eigenvalue weighted by atomic mass is 16.5. The summed E-state index contributed by atoms with van der Waals surface area (Å²) in [7, 11) is 0. The minimum atomic E-state index is -0.00663. The van der Waals surface area contributed by atoms with Gasteiger partial charge in [-0.3, -0.25) is 9.78 Å². The monoisotopic (exact) mass is 291 g/mol. The number of carbonyl (C=O) groups excluding carboxylic acids is 1. The van der Waals surface area contributed by atoms with E-state index >= 15 is 0 Å². The molecule has 0 radical (unpaired) electrons. The van der Waals surface area contributed by atoms with E-state index in [-0.39, 0.29) is 5.91 Å². The van der Waals surface area contributed by atoms with Gasteiger partial charge in [-0.2, -0.15) is 0 Å². The van der Waals surface area contributed by atoms with Crippen molar-refractivity contribution in [3.8, 4) is 0 Å². The molecular weight excluding hydrogens is 266 g/mol. The van der Waals surface area contributed by atoms with Gasteiger partial charge in [0.05, 0.1) is 0 Å². The number of nitrogens with zero attached hydrogens (tertiary/aromatic N) is 2. The molecule has 1 aliphatic rings. The Labute approximate surface area is 126 Å². The number of anilines is 1. The molecule has 1 atom stereocenters. The molecule has 0 saturated carbocycles. The van der Waals surface area contributed by atoms with Crippen LogP contribution in [-0.4, -0.2) is 48.6 Å².